The van der Waals surface area contributed by atoms with E-state index in [1.165, 1.54) is 38.5 Å². The van der Waals surface area contributed by atoms with Gasteiger partial charge in [0.15, 0.2) is 12.2 Å². The first kappa shape index (κ1) is 24.9. The number of carbonyl (C=O) groups excluding carboxylic acids is 2. The zero-order chi connectivity index (χ0) is 19.8. The molecule has 0 rings (SSSR count). The Bertz CT molecular complexity index is 361. The Hall–Kier alpha value is -1.14. The molecule has 0 radical (unpaired) electrons. The summed E-state index contributed by atoms with van der Waals surface area (Å²) in [5.74, 6) is -1.68. The molecule has 2 atom stereocenters. The molecule has 0 aliphatic heterocycles. The van der Waals surface area contributed by atoms with Crippen molar-refractivity contribution in [3.8, 4) is 0 Å². The standard InChI is InChI=1S/C20H40N2O4/c1-3-5-7-9-11-13-15-22(16-14-12-10-8-6-4-2)20(26)18(24)17(23)19(21)25/h17-18,23-24H,3-16H2,1-2H3,(H2,21,25). The highest BCUT2D eigenvalue weighted by atomic mass is 16.3. The highest BCUT2D eigenvalue weighted by molar-refractivity contribution is 5.89. The molecule has 26 heavy (non-hydrogen) atoms. The Morgan fingerprint density at radius 3 is 1.50 bits per heavy atom. The van der Waals surface area contributed by atoms with Gasteiger partial charge in [0.25, 0.3) is 5.91 Å². The smallest absolute Gasteiger partial charge is 0.254 e. The summed E-state index contributed by atoms with van der Waals surface area (Å²) in [5.41, 5.74) is 4.99. The van der Waals surface area contributed by atoms with Crippen molar-refractivity contribution in [3.63, 3.8) is 0 Å². The van der Waals surface area contributed by atoms with Crippen LogP contribution in [0.25, 0.3) is 0 Å². The number of hydrogen-bond acceptors (Lipinski definition) is 4. The lowest BCUT2D eigenvalue weighted by Crippen LogP contribution is -2.50. The van der Waals surface area contributed by atoms with E-state index in [0.29, 0.717) is 13.1 Å². The number of nitrogens with zero attached hydrogens (tertiary/aromatic N) is 1. The summed E-state index contributed by atoms with van der Waals surface area (Å²) in [6.45, 7) is 5.43. The molecule has 4 N–H and O–H groups in total. The molecule has 2 amide bonds. The molecule has 2 unspecified atom stereocenters. The molecule has 0 aliphatic carbocycles. The van der Waals surface area contributed by atoms with Gasteiger partial charge in [0, 0.05) is 13.1 Å². The quantitative estimate of drug-likeness (QED) is 0.341. The van der Waals surface area contributed by atoms with E-state index in [0.717, 1.165) is 38.5 Å². The van der Waals surface area contributed by atoms with Crippen molar-refractivity contribution in [2.24, 2.45) is 5.73 Å². The Labute approximate surface area is 159 Å². The lowest BCUT2D eigenvalue weighted by atomic mass is 10.1. The molecule has 0 spiro atoms. The van der Waals surface area contributed by atoms with Gasteiger partial charge in [0.1, 0.15) is 0 Å². The summed E-state index contributed by atoms with van der Waals surface area (Å²) in [6, 6.07) is 0. The average Bonchev–Trinajstić information content (AvgIpc) is 2.63. The first-order valence-corrected chi connectivity index (χ1v) is 10.4. The Morgan fingerprint density at radius 2 is 1.12 bits per heavy atom. The number of aliphatic hydroxyl groups is 2. The van der Waals surface area contributed by atoms with Crippen LogP contribution in [-0.4, -0.2) is 52.2 Å². The third-order valence-corrected chi connectivity index (χ3v) is 4.72. The summed E-state index contributed by atoms with van der Waals surface area (Å²) < 4.78 is 0. The first-order valence-electron chi connectivity index (χ1n) is 10.4. The number of hydrogen-bond donors (Lipinski definition) is 3. The minimum atomic E-state index is -1.85. The molecule has 0 saturated carbocycles. The second-order valence-corrected chi connectivity index (χ2v) is 7.15. The lowest BCUT2D eigenvalue weighted by Gasteiger charge is -2.26. The van der Waals surface area contributed by atoms with Crippen molar-refractivity contribution >= 4 is 11.8 Å². The van der Waals surface area contributed by atoms with E-state index in [2.05, 4.69) is 13.8 Å². The van der Waals surface area contributed by atoms with Gasteiger partial charge in [-0.1, -0.05) is 78.1 Å². The second-order valence-electron chi connectivity index (χ2n) is 7.15. The highest BCUT2D eigenvalue weighted by Crippen LogP contribution is 2.11. The zero-order valence-electron chi connectivity index (χ0n) is 16.8. The lowest BCUT2D eigenvalue weighted by molar-refractivity contribution is -0.152. The Balaban J connectivity index is 4.42. The number of rotatable bonds is 17. The predicted molar refractivity (Wildman–Crippen MR) is 105 cm³/mol. The van der Waals surface area contributed by atoms with Gasteiger partial charge in [-0.15, -0.1) is 0 Å². The van der Waals surface area contributed by atoms with Crippen molar-refractivity contribution < 1.29 is 19.8 Å². The van der Waals surface area contributed by atoms with Crippen LogP contribution in [-0.2, 0) is 9.59 Å². The van der Waals surface area contributed by atoms with Crippen molar-refractivity contribution in [3.05, 3.63) is 0 Å². The summed E-state index contributed by atoms with van der Waals surface area (Å²) in [7, 11) is 0. The molecule has 0 aromatic carbocycles. The minimum Gasteiger partial charge on any atom is -0.380 e. The molecule has 0 saturated heterocycles. The van der Waals surface area contributed by atoms with E-state index in [1.807, 2.05) is 0 Å². The van der Waals surface area contributed by atoms with Crippen LogP contribution >= 0.6 is 0 Å². The summed E-state index contributed by atoms with van der Waals surface area (Å²) in [4.78, 5) is 25.0. The number of unbranched alkanes of at least 4 members (excludes halogenated alkanes) is 10. The van der Waals surface area contributed by atoms with E-state index in [9.17, 15) is 19.8 Å². The number of aliphatic hydroxyl groups excluding tert-OH is 2. The number of primary amides is 1. The molecule has 0 fully saturated rings. The van der Waals surface area contributed by atoms with Gasteiger partial charge >= 0.3 is 0 Å². The first-order chi connectivity index (χ1) is 12.5. The largest absolute Gasteiger partial charge is 0.380 e. The minimum absolute atomic E-state index is 0.544. The van der Waals surface area contributed by atoms with Gasteiger partial charge in [-0.25, -0.2) is 0 Å². The number of amides is 2. The van der Waals surface area contributed by atoms with E-state index >= 15 is 0 Å². The predicted octanol–water partition coefficient (Wildman–Crippen LogP) is 2.74. The fourth-order valence-electron chi connectivity index (χ4n) is 2.98. The van der Waals surface area contributed by atoms with Gasteiger partial charge in [0.2, 0.25) is 5.91 Å². The van der Waals surface area contributed by atoms with Crippen molar-refractivity contribution in [1.82, 2.24) is 4.90 Å². The van der Waals surface area contributed by atoms with Crippen LogP contribution in [0.2, 0.25) is 0 Å². The highest BCUT2D eigenvalue weighted by Gasteiger charge is 2.31. The monoisotopic (exact) mass is 372 g/mol. The van der Waals surface area contributed by atoms with Crippen LogP contribution in [0.15, 0.2) is 0 Å². The summed E-state index contributed by atoms with van der Waals surface area (Å²) in [5, 5.41) is 19.5. The van der Waals surface area contributed by atoms with Crippen molar-refractivity contribution in [2.45, 2.75) is 103 Å². The molecule has 154 valence electrons. The summed E-state index contributed by atoms with van der Waals surface area (Å²) >= 11 is 0. The van der Waals surface area contributed by atoms with Gasteiger partial charge < -0.3 is 20.8 Å². The normalized spacial score (nSPS) is 13.4. The maximum absolute atomic E-state index is 12.4. The SMILES string of the molecule is CCCCCCCCN(CCCCCCCC)C(=O)C(O)C(O)C(N)=O. The topological polar surface area (TPSA) is 104 Å². The fraction of sp³-hybridized carbons (Fsp3) is 0.900. The molecular weight excluding hydrogens is 332 g/mol. The van der Waals surface area contributed by atoms with Gasteiger partial charge in [0.05, 0.1) is 0 Å². The van der Waals surface area contributed by atoms with Crippen LogP contribution in [0.5, 0.6) is 0 Å². The maximum atomic E-state index is 12.4. The Morgan fingerprint density at radius 1 is 0.731 bits per heavy atom. The average molecular weight is 373 g/mol. The maximum Gasteiger partial charge on any atom is 0.254 e. The Kier molecular flexibility index (Phi) is 15.4. The number of carbonyl (C=O) groups is 2. The van der Waals surface area contributed by atoms with Gasteiger partial charge in [-0.05, 0) is 12.8 Å². The second kappa shape index (κ2) is 16.1. The summed E-state index contributed by atoms with van der Waals surface area (Å²) in [6.07, 6.45) is 9.70. The molecule has 0 aromatic heterocycles. The van der Waals surface area contributed by atoms with Gasteiger partial charge in [-0.3, -0.25) is 9.59 Å². The zero-order valence-corrected chi connectivity index (χ0v) is 16.8. The van der Waals surface area contributed by atoms with E-state index in [-0.39, 0.29) is 0 Å². The van der Waals surface area contributed by atoms with Crippen LogP contribution in [0, 0.1) is 0 Å². The molecular formula is C20H40N2O4. The molecule has 6 heteroatoms. The van der Waals surface area contributed by atoms with Crippen LogP contribution in [0.1, 0.15) is 90.9 Å². The van der Waals surface area contributed by atoms with Gasteiger partial charge in [-0.2, -0.15) is 0 Å². The van der Waals surface area contributed by atoms with E-state index < -0.39 is 24.0 Å². The number of nitrogens with two attached hydrogens (primary N) is 1. The third kappa shape index (κ3) is 11.5. The molecule has 6 nitrogen and oxygen atoms in total. The van der Waals surface area contributed by atoms with E-state index in [4.69, 9.17) is 5.73 Å². The van der Waals surface area contributed by atoms with Crippen molar-refractivity contribution in [1.29, 1.82) is 0 Å². The third-order valence-electron chi connectivity index (χ3n) is 4.72. The fourth-order valence-corrected chi connectivity index (χ4v) is 2.98. The van der Waals surface area contributed by atoms with E-state index in [1.54, 1.807) is 4.90 Å². The molecule has 0 heterocycles. The molecule has 0 aliphatic rings. The van der Waals surface area contributed by atoms with Crippen LogP contribution in [0.4, 0.5) is 0 Å². The molecule has 0 aromatic rings. The van der Waals surface area contributed by atoms with Crippen LogP contribution < -0.4 is 5.73 Å². The molecule has 0 bridgehead atoms. The van der Waals surface area contributed by atoms with Crippen LogP contribution in [0.3, 0.4) is 0 Å². The van der Waals surface area contributed by atoms with Crippen molar-refractivity contribution in [2.75, 3.05) is 13.1 Å².